The van der Waals surface area contributed by atoms with Gasteiger partial charge in [-0.2, -0.15) is 0 Å². The summed E-state index contributed by atoms with van der Waals surface area (Å²) in [6.07, 6.45) is 3.38. The first kappa shape index (κ1) is 42.6. The summed E-state index contributed by atoms with van der Waals surface area (Å²) in [7, 11) is 0. The molecule has 1 aromatic heterocycles. The molecule has 65 heavy (non-hydrogen) atoms. The van der Waals surface area contributed by atoms with Crippen LogP contribution in [0.4, 0.5) is 27.4 Å². The van der Waals surface area contributed by atoms with Crippen molar-refractivity contribution in [3.05, 3.63) is 199 Å². The van der Waals surface area contributed by atoms with Crippen LogP contribution in [0.2, 0.25) is 20.1 Å². The number of rotatable bonds is 7. The highest BCUT2D eigenvalue weighted by atomic mass is 35.5. The molecular formula is C54H37Cl4FN4O2. The third-order valence-electron chi connectivity index (χ3n) is 11.9. The number of carbonyl (C=O) groups is 2. The van der Waals surface area contributed by atoms with Crippen molar-refractivity contribution in [1.82, 2.24) is 9.97 Å². The van der Waals surface area contributed by atoms with Crippen LogP contribution in [0, 0.1) is 5.82 Å². The molecule has 0 atom stereocenters. The van der Waals surface area contributed by atoms with Crippen LogP contribution >= 0.6 is 46.4 Å². The molecule has 6 nitrogen and oxygen atoms in total. The molecule has 0 spiro atoms. The maximum atomic E-state index is 15.1. The number of anilines is 4. The number of aromatic nitrogens is 2. The first-order valence-electron chi connectivity index (χ1n) is 21.1. The summed E-state index contributed by atoms with van der Waals surface area (Å²) in [5.41, 5.74) is 7.70. The van der Waals surface area contributed by atoms with Gasteiger partial charge < -0.3 is 0 Å². The van der Waals surface area contributed by atoms with Crippen molar-refractivity contribution in [2.45, 2.75) is 39.5 Å². The van der Waals surface area contributed by atoms with E-state index in [1.54, 1.807) is 42.5 Å². The number of carbonyl (C=O) groups excluding carboxylic acids is 2. The highest BCUT2D eigenvalue weighted by Gasteiger charge is 2.42. The van der Waals surface area contributed by atoms with Crippen molar-refractivity contribution in [1.29, 1.82) is 0 Å². The molecule has 1 aliphatic heterocycles. The maximum Gasteiger partial charge on any atom is 0.197 e. The highest BCUT2D eigenvalue weighted by molar-refractivity contribution is 6.40. The minimum absolute atomic E-state index is 0.00444. The molecule has 2 aliphatic rings. The molecule has 320 valence electrons. The molecule has 1 aliphatic carbocycles. The minimum atomic E-state index is -0.465. The van der Waals surface area contributed by atoms with E-state index in [0.717, 1.165) is 27.6 Å². The first-order chi connectivity index (χ1) is 31.2. The Morgan fingerprint density at radius 3 is 1.49 bits per heavy atom. The zero-order chi connectivity index (χ0) is 45.4. The number of para-hydroxylation sites is 2. The van der Waals surface area contributed by atoms with Crippen LogP contribution in [0.3, 0.4) is 0 Å². The summed E-state index contributed by atoms with van der Waals surface area (Å²) < 4.78 is 15.1. The van der Waals surface area contributed by atoms with E-state index >= 15 is 4.39 Å². The van der Waals surface area contributed by atoms with Gasteiger partial charge in [-0.3, -0.25) is 19.4 Å². The van der Waals surface area contributed by atoms with E-state index in [-0.39, 0.29) is 29.0 Å². The largest absolute Gasteiger partial charge is 0.288 e. The fourth-order valence-electron chi connectivity index (χ4n) is 8.97. The van der Waals surface area contributed by atoms with Crippen molar-refractivity contribution in [2.75, 3.05) is 9.80 Å². The molecule has 8 aromatic rings. The Morgan fingerprint density at radius 1 is 0.508 bits per heavy atom. The Kier molecular flexibility index (Phi) is 10.9. The standard InChI is InChI=1S/C54H37Cl4FN4O2/c1-28(2)39-11-7-12-40(29(3)4)49(39)62-48(18-16-43-51(64)44-23-30-9-5-6-10-31(30)24-45(44)52(43)65)63(53-54(62)61-47-27-38(59)15-17-46(47)60-53)50-41(32-19-34(55)25-35(56)20-32)13-8-14-42(50)33-21-36(57)26-37(58)22-33/h5-29H,1-4H3/b48-18+. The Labute approximate surface area is 395 Å². The molecule has 7 aromatic carbocycles. The summed E-state index contributed by atoms with van der Waals surface area (Å²) in [5, 5.41) is 3.39. The van der Waals surface area contributed by atoms with Crippen molar-refractivity contribution >= 4 is 103 Å². The van der Waals surface area contributed by atoms with E-state index in [1.807, 2.05) is 82.6 Å². The molecule has 0 unspecified atom stereocenters. The number of nitrogens with zero attached hydrogens (tertiary/aromatic N) is 4. The third-order valence-corrected chi connectivity index (χ3v) is 12.8. The number of benzene rings is 7. The molecule has 0 radical (unpaired) electrons. The van der Waals surface area contributed by atoms with Gasteiger partial charge in [0.25, 0.3) is 0 Å². The molecule has 10 rings (SSSR count). The summed E-state index contributed by atoms with van der Waals surface area (Å²) >= 11 is 27.0. The van der Waals surface area contributed by atoms with Crippen molar-refractivity contribution in [2.24, 2.45) is 0 Å². The van der Waals surface area contributed by atoms with E-state index in [1.165, 1.54) is 12.1 Å². The van der Waals surface area contributed by atoms with Crippen LogP contribution < -0.4 is 9.80 Å². The zero-order valence-corrected chi connectivity index (χ0v) is 38.5. The van der Waals surface area contributed by atoms with Gasteiger partial charge in [-0.05, 0) is 118 Å². The summed E-state index contributed by atoms with van der Waals surface area (Å²) in [6, 6.07) is 38.3. The van der Waals surface area contributed by atoms with Gasteiger partial charge in [0.15, 0.2) is 23.2 Å². The number of ketones is 2. The fraction of sp³-hybridized carbons (Fsp3) is 0.111. The highest BCUT2D eigenvalue weighted by Crippen LogP contribution is 2.56. The molecule has 2 heterocycles. The Balaban J connectivity index is 1.35. The average Bonchev–Trinajstić information content (AvgIpc) is 3.69. The maximum absolute atomic E-state index is 15.1. The average molecular weight is 935 g/mol. The second-order valence-electron chi connectivity index (χ2n) is 16.8. The predicted molar refractivity (Wildman–Crippen MR) is 265 cm³/mol. The quantitative estimate of drug-likeness (QED) is 0.117. The van der Waals surface area contributed by atoms with Crippen LogP contribution in [0.5, 0.6) is 0 Å². The van der Waals surface area contributed by atoms with E-state index in [2.05, 4.69) is 39.8 Å². The second kappa shape index (κ2) is 16.6. The summed E-state index contributed by atoms with van der Waals surface area (Å²) in [5.74, 6) is 0.102. The van der Waals surface area contributed by atoms with Crippen molar-refractivity contribution < 1.29 is 14.0 Å². The summed E-state index contributed by atoms with van der Waals surface area (Å²) in [4.78, 5) is 43.3. The lowest BCUT2D eigenvalue weighted by atomic mass is 9.92. The van der Waals surface area contributed by atoms with E-state index < -0.39 is 5.82 Å². The predicted octanol–water partition coefficient (Wildman–Crippen LogP) is 16.3. The molecule has 11 heteroatoms. The zero-order valence-electron chi connectivity index (χ0n) is 35.4. The summed E-state index contributed by atoms with van der Waals surface area (Å²) in [6.45, 7) is 8.50. The number of hydrogen-bond acceptors (Lipinski definition) is 6. The van der Waals surface area contributed by atoms with Crippen LogP contribution in [0.25, 0.3) is 44.1 Å². The van der Waals surface area contributed by atoms with Gasteiger partial charge >= 0.3 is 0 Å². The topological polar surface area (TPSA) is 66.4 Å². The Bertz CT molecular complexity index is 3220. The van der Waals surface area contributed by atoms with E-state index in [0.29, 0.717) is 87.6 Å². The number of halogens is 5. The lowest BCUT2D eigenvalue weighted by Gasteiger charge is -2.31. The van der Waals surface area contributed by atoms with E-state index in [9.17, 15) is 9.59 Å². The fourth-order valence-corrected chi connectivity index (χ4v) is 10.0. The molecule has 0 amide bonds. The minimum Gasteiger partial charge on any atom is -0.288 e. The van der Waals surface area contributed by atoms with Gasteiger partial charge in [0.05, 0.1) is 28.0 Å². The van der Waals surface area contributed by atoms with Crippen LogP contribution in [-0.4, -0.2) is 21.5 Å². The van der Waals surface area contributed by atoms with Crippen LogP contribution in [-0.2, 0) is 0 Å². The molecule has 0 bridgehead atoms. The van der Waals surface area contributed by atoms with Crippen LogP contribution in [0.15, 0.2) is 151 Å². The van der Waals surface area contributed by atoms with Gasteiger partial charge in [0.1, 0.15) is 11.6 Å². The number of allylic oxidation sites excluding steroid dienone is 3. The van der Waals surface area contributed by atoms with Crippen LogP contribution in [0.1, 0.15) is 71.4 Å². The first-order valence-corrected chi connectivity index (χ1v) is 22.6. The van der Waals surface area contributed by atoms with Gasteiger partial charge in [-0.15, -0.1) is 0 Å². The van der Waals surface area contributed by atoms with Crippen molar-refractivity contribution in [3.8, 4) is 22.3 Å². The lowest BCUT2D eigenvalue weighted by Crippen LogP contribution is -2.25. The number of Topliss-reactive ketones (excluding diaryl/α,β-unsaturated/α-hetero) is 2. The molecule has 0 fully saturated rings. The number of fused-ring (bicyclic) bond motifs is 4. The Hall–Kier alpha value is -6.35. The SMILES string of the molecule is CC(C)c1cccc(C(C)C)c1N1/C(=C\C=C2C(=O)c3cc4ccccc4cc3C2=O)N(c2c(-c3cc(Cl)cc(Cl)c3)cccc2-c2cc(Cl)cc(Cl)c2)c2nc3ccc(F)cc3nc21. The third kappa shape index (κ3) is 7.46. The lowest BCUT2D eigenvalue weighted by molar-refractivity contribution is 0.0988. The number of hydrogen-bond donors (Lipinski definition) is 0. The molecule has 0 saturated heterocycles. The van der Waals surface area contributed by atoms with Crippen molar-refractivity contribution in [3.63, 3.8) is 0 Å². The normalized spacial score (nSPS) is 14.2. The van der Waals surface area contributed by atoms with E-state index in [4.69, 9.17) is 56.4 Å². The van der Waals surface area contributed by atoms with Gasteiger partial charge in [-0.25, -0.2) is 14.4 Å². The van der Waals surface area contributed by atoms with Gasteiger partial charge in [-0.1, -0.05) is 135 Å². The monoisotopic (exact) mass is 932 g/mol. The molecular weight excluding hydrogens is 897 g/mol. The van der Waals surface area contributed by atoms with Gasteiger partial charge in [0.2, 0.25) is 0 Å². The molecule has 0 saturated carbocycles. The smallest absolute Gasteiger partial charge is 0.197 e. The Morgan fingerprint density at radius 2 is 0.985 bits per heavy atom. The second-order valence-corrected chi connectivity index (χ2v) is 18.5. The van der Waals surface area contributed by atoms with Gasteiger partial charge in [0, 0.05) is 48.4 Å². The molecule has 0 N–H and O–H groups in total.